The molecule has 0 saturated heterocycles. The second-order valence-corrected chi connectivity index (χ2v) is 6.50. The molecular formula is C16H18N2O6S. The molecule has 3 rings (SSSR count). The van der Waals surface area contributed by atoms with Crippen LogP contribution >= 0.6 is 11.3 Å². The molecule has 1 aromatic rings. The van der Waals surface area contributed by atoms with Gasteiger partial charge in [-0.15, -0.1) is 11.3 Å². The average Bonchev–Trinajstić information content (AvgIpc) is 3.16. The van der Waals surface area contributed by atoms with E-state index in [4.69, 9.17) is 14.2 Å². The molecule has 1 aliphatic heterocycles. The van der Waals surface area contributed by atoms with Crippen LogP contribution in [0.3, 0.4) is 0 Å². The second-order valence-electron chi connectivity index (χ2n) is 5.39. The summed E-state index contributed by atoms with van der Waals surface area (Å²) in [6.07, 6.45) is 2.96. The Bertz CT molecular complexity index is 739. The first-order chi connectivity index (χ1) is 12.1. The van der Waals surface area contributed by atoms with E-state index >= 15 is 0 Å². The number of fused-ring (bicyclic) bond motifs is 1. The van der Waals surface area contributed by atoms with Crippen LogP contribution in [0.25, 0.3) is 0 Å². The summed E-state index contributed by atoms with van der Waals surface area (Å²) in [7, 11) is 0. The predicted octanol–water partition coefficient (Wildman–Crippen LogP) is 1.95. The fourth-order valence-electron chi connectivity index (χ4n) is 2.71. The van der Waals surface area contributed by atoms with Crippen LogP contribution in [0.1, 0.15) is 34.1 Å². The molecule has 1 aromatic heterocycles. The minimum atomic E-state index is -0.811. The van der Waals surface area contributed by atoms with Crippen molar-refractivity contribution in [1.29, 1.82) is 0 Å². The number of alkyl carbamates (subject to hydrolysis) is 1. The highest BCUT2D eigenvalue weighted by atomic mass is 32.1. The van der Waals surface area contributed by atoms with Crippen LogP contribution in [0.15, 0.2) is 12.0 Å². The van der Waals surface area contributed by atoms with Gasteiger partial charge in [0.05, 0.1) is 12.2 Å². The molecule has 0 fully saturated rings. The molecule has 0 unspecified atom stereocenters. The van der Waals surface area contributed by atoms with E-state index < -0.39 is 17.9 Å². The van der Waals surface area contributed by atoms with Gasteiger partial charge in [0, 0.05) is 4.88 Å². The largest absolute Gasteiger partial charge is 0.494 e. The first-order valence-electron chi connectivity index (χ1n) is 7.98. The van der Waals surface area contributed by atoms with Crippen molar-refractivity contribution in [2.24, 2.45) is 0 Å². The van der Waals surface area contributed by atoms with Crippen LogP contribution in [-0.4, -0.2) is 37.7 Å². The van der Waals surface area contributed by atoms with Gasteiger partial charge in [0.2, 0.25) is 5.76 Å². The number of anilines is 1. The standard InChI is InChI=1S/C16H18N2O6S/c1-2-23-16(21)18-14(20)12-9-4-3-5-11(9)25-15(12)17-13(19)10-8-22-6-7-24-10/h8H,2-7H2,1H3,(H,17,19)(H,18,20,21). The van der Waals surface area contributed by atoms with Crippen molar-refractivity contribution in [2.75, 3.05) is 25.1 Å². The fraction of sp³-hybridized carbons (Fsp3) is 0.438. The number of hydrogen-bond donors (Lipinski definition) is 2. The Morgan fingerprint density at radius 1 is 1.24 bits per heavy atom. The van der Waals surface area contributed by atoms with Crippen molar-refractivity contribution < 1.29 is 28.6 Å². The van der Waals surface area contributed by atoms with E-state index in [2.05, 4.69) is 10.6 Å². The van der Waals surface area contributed by atoms with Gasteiger partial charge in [-0.1, -0.05) is 0 Å². The maximum absolute atomic E-state index is 12.5. The van der Waals surface area contributed by atoms with Crippen LogP contribution in [0.4, 0.5) is 9.80 Å². The van der Waals surface area contributed by atoms with Gasteiger partial charge < -0.3 is 19.5 Å². The van der Waals surface area contributed by atoms with Gasteiger partial charge in [-0.2, -0.15) is 0 Å². The highest BCUT2D eigenvalue weighted by Crippen LogP contribution is 2.39. The Morgan fingerprint density at radius 3 is 2.80 bits per heavy atom. The molecule has 134 valence electrons. The van der Waals surface area contributed by atoms with E-state index in [9.17, 15) is 14.4 Å². The molecule has 0 aromatic carbocycles. The normalized spacial score (nSPS) is 15.3. The molecule has 2 N–H and O–H groups in total. The lowest BCUT2D eigenvalue weighted by molar-refractivity contribution is -0.117. The molecule has 3 amide bonds. The topological polar surface area (TPSA) is 103 Å². The molecule has 0 bridgehead atoms. The Labute approximate surface area is 148 Å². The van der Waals surface area contributed by atoms with E-state index in [0.29, 0.717) is 17.2 Å². The molecule has 0 saturated carbocycles. The van der Waals surface area contributed by atoms with Crippen molar-refractivity contribution >= 4 is 34.2 Å². The number of hydrogen-bond acceptors (Lipinski definition) is 7. The van der Waals surface area contributed by atoms with Crippen LogP contribution in [0.2, 0.25) is 0 Å². The average molecular weight is 366 g/mol. The number of thiophene rings is 1. The smallest absolute Gasteiger partial charge is 0.414 e. The summed E-state index contributed by atoms with van der Waals surface area (Å²) in [6, 6.07) is 0. The second kappa shape index (κ2) is 7.56. The summed E-state index contributed by atoms with van der Waals surface area (Å²) < 4.78 is 15.1. The number of carbonyl (C=O) groups excluding carboxylic acids is 3. The summed E-state index contributed by atoms with van der Waals surface area (Å²) in [5.41, 5.74) is 1.19. The van der Waals surface area contributed by atoms with Crippen molar-refractivity contribution in [2.45, 2.75) is 26.2 Å². The van der Waals surface area contributed by atoms with Gasteiger partial charge in [-0.05, 0) is 31.7 Å². The van der Waals surface area contributed by atoms with E-state index in [0.717, 1.165) is 29.7 Å². The molecule has 25 heavy (non-hydrogen) atoms. The van der Waals surface area contributed by atoms with Gasteiger partial charge in [-0.25, -0.2) is 4.79 Å². The highest BCUT2D eigenvalue weighted by molar-refractivity contribution is 7.17. The molecule has 0 atom stereocenters. The van der Waals surface area contributed by atoms with Crippen molar-refractivity contribution in [1.82, 2.24) is 5.32 Å². The fourth-order valence-corrected chi connectivity index (χ4v) is 3.99. The van der Waals surface area contributed by atoms with Gasteiger partial charge in [0.1, 0.15) is 24.5 Å². The predicted molar refractivity (Wildman–Crippen MR) is 89.4 cm³/mol. The maximum Gasteiger partial charge on any atom is 0.414 e. The van der Waals surface area contributed by atoms with Crippen molar-refractivity contribution in [3.8, 4) is 0 Å². The van der Waals surface area contributed by atoms with E-state index in [-0.39, 0.29) is 19.0 Å². The number of amides is 3. The maximum atomic E-state index is 12.5. The lowest BCUT2D eigenvalue weighted by atomic mass is 10.1. The van der Waals surface area contributed by atoms with Gasteiger partial charge in [-0.3, -0.25) is 14.9 Å². The monoisotopic (exact) mass is 366 g/mol. The van der Waals surface area contributed by atoms with Crippen LogP contribution < -0.4 is 10.6 Å². The Kier molecular flexibility index (Phi) is 5.22. The molecular weight excluding hydrogens is 348 g/mol. The number of carbonyl (C=O) groups is 3. The Hall–Kier alpha value is -2.55. The molecule has 2 heterocycles. The summed E-state index contributed by atoms with van der Waals surface area (Å²) >= 11 is 1.34. The minimum Gasteiger partial charge on any atom is -0.494 e. The number of rotatable bonds is 4. The Balaban J connectivity index is 1.82. The van der Waals surface area contributed by atoms with E-state index in [1.165, 1.54) is 17.6 Å². The third-order valence-electron chi connectivity index (χ3n) is 3.74. The van der Waals surface area contributed by atoms with Gasteiger partial charge >= 0.3 is 6.09 Å². The zero-order valence-corrected chi connectivity index (χ0v) is 14.5. The number of aryl methyl sites for hydroxylation is 1. The summed E-state index contributed by atoms with van der Waals surface area (Å²) in [4.78, 5) is 37.4. The van der Waals surface area contributed by atoms with Gasteiger partial charge in [0.25, 0.3) is 11.8 Å². The lowest BCUT2D eigenvalue weighted by Gasteiger charge is -2.15. The molecule has 2 aliphatic rings. The first kappa shape index (κ1) is 17.3. The third kappa shape index (κ3) is 3.76. The molecule has 0 spiro atoms. The van der Waals surface area contributed by atoms with Crippen LogP contribution in [0.5, 0.6) is 0 Å². The molecule has 9 heteroatoms. The molecule has 1 aliphatic carbocycles. The van der Waals surface area contributed by atoms with Crippen molar-refractivity contribution in [3.05, 3.63) is 28.0 Å². The number of imide groups is 1. The minimum absolute atomic E-state index is 0.0524. The molecule has 8 nitrogen and oxygen atoms in total. The highest BCUT2D eigenvalue weighted by Gasteiger charge is 2.29. The summed E-state index contributed by atoms with van der Waals surface area (Å²) in [6.45, 7) is 2.49. The SMILES string of the molecule is CCOC(=O)NC(=O)c1c(NC(=O)C2=COCCO2)sc2c1CCC2. The lowest BCUT2D eigenvalue weighted by Crippen LogP contribution is -2.32. The first-order valence-corrected chi connectivity index (χ1v) is 8.80. The zero-order valence-electron chi connectivity index (χ0n) is 13.7. The van der Waals surface area contributed by atoms with E-state index in [1.54, 1.807) is 6.92 Å². The van der Waals surface area contributed by atoms with Crippen LogP contribution in [-0.2, 0) is 31.8 Å². The molecule has 0 radical (unpaired) electrons. The van der Waals surface area contributed by atoms with Crippen molar-refractivity contribution in [3.63, 3.8) is 0 Å². The summed E-state index contributed by atoms with van der Waals surface area (Å²) in [5.74, 6) is -1.02. The van der Waals surface area contributed by atoms with Crippen LogP contribution in [0, 0.1) is 0 Å². The van der Waals surface area contributed by atoms with E-state index in [1.807, 2.05) is 0 Å². The zero-order chi connectivity index (χ0) is 17.8. The Morgan fingerprint density at radius 2 is 2.08 bits per heavy atom. The number of ether oxygens (including phenoxy) is 3. The summed E-state index contributed by atoms with van der Waals surface area (Å²) in [5, 5.41) is 5.28. The number of nitrogens with one attached hydrogen (secondary N) is 2. The quantitative estimate of drug-likeness (QED) is 0.844. The third-order valence-corrected chi connectivity index (χ3v) is 4.95. The van der Waals surface area contributed by atoms with Gasteiger partial charge in [0.15, 0.2) is 0 Å².